The number of ether oxygens (including phenoxy) is 1. The predicted molar refractivity (Wildman–Crippen MR) is 78.3 cm³/mol. The van der Waals surface area contributed by atoms with Gasteiger partial charge in [-0.1, -0.05) is 6.92 Å². The van der Waals surface area contributed by atoms with Gasteiger partial charge in [0.1, 0.15) is 7.14 Å². The molecule has 0 bridgehead atoms. The van der Waals surface area contributed by atoms with Crippen LogP contribution in [0.4, 0.5) is 5.69 Å². The maximum atomic E-state index is 11.8. The van der Waals surface area contributed by atoms with E-state index >= 15 is 0 Å². The molecule has 0 saturated carbocycles. The number of methoxy groups -OCH3 is 1. The predicted octanol–water partition coefficient (Wildman–Crippen LogP) is 1.70. The lowest BCUT2D eigenvalue weighted by Gasteiger charge is -2.10. The zero-order valence-corrected chi connectivity index (χ0v) is 12.5. The van der Waals surface area contributed by atoms with Crippen LogP contribution in [-0.4, -0.2) is 38.8 Å². The van der Waals surface area contributed by atoms with Gasteiger partial charge in [0.25, 0.3) is 0 Å². The Hall–Kier alpha value is -0.830. The van der Waals surface area contributed by atoms with E-state index in [0.29, 0.717) is 6.61 Å². The molecule has 0 aliphatic carbocycles. The summed E-state index contributed by atoms with van der Waals surface area (Å²) in [5, 5.41) is 8.86. The van der Waals surface area contributed by atoms with Crippen molar-refractivity contribution in [2.24, 2.45) is 0 Å². The van der Waals surface area contributed by atoms with Crippen LogP contribution in [0.1, 0.15) is 12.5 Å². The van der Waals surface area contributed by atoms with E-state index in [1.807, 2.05) is 25.1 Å². The van der Waals surface area contributed by atoms with E-state index in [0.717, 1.165) is 23.0 Å². The van der Waals surface area contributed by atoms with Crippen LogP contribution >= 0.6 is 7.14 Å². The molecule has 0 aromatic heterocycles. The fraction of sp³-hybridized carbons (Fsp3) is 0.538. The number of nitrogen functional groups attached to an aromatic ring is 1. The molecule has 1 aromatic carbocycles. The second-order valence-corrected chi connectivity index (χ2v) is 7.52. The summed E-state index contributed by atoms with van der Waals surface area (Å²) in [5.41, 5.74) is 7.63. The minimum atomic E-state index is -2.13. The number of aryl methyl sites for hydroxylation is 1. The Kier molecular flexibility index (Phi) is 7.92. The first kappa shape index (κ1) is 17.2. The smallest absolute Gasteiger partial charge is 0.109 e. The van der Waals surface area contributed by atoms with Crippen LogP contribution in [0.3, 0.4) is 0 Å². The molecule has 0 unspecified atom stereocenters. The van der Waals surface area contributed by atoms with Crippen molar-refractivity contribution in [2.45, 2.75) is 13.3 Å². The summed E-state index contributed by atoms with van der Waals surface area (Å²) in [6.07, 6.45) is 0.889. The molecule has 0 atom stereocenters. The van der Waals surface area contributed by atoms with Gasteiger partial charge in [-0.25, -0.2) is 0 Å². The Morgan fingerprint density at radius 1 is 1.39 bits per heavy atom. The Balaban J connectivity index is 0.000000494. The molecular weight excluding hydrogens is 249 g/mol. The van der Waals surface area contributed by atoms with E-state index in [1.165, 1.54) is 0 Å². The van der Waals surface area contributed by atoms with Crippen molar-refractivity contribution in [3.8, 4) is 0 Å². The lowest BCUT2D eigenvalue weighted by molar-refractivity contribution is 0.135. The molecule has 0 aliphatic rings. The highest BCUT2D eigenvalue weighted by Gasteiger charge is 2.11. The van der Waals surface area contributed by atoms with E-state index in [-0.39, 0.29) is 6.61 Å². The van der Waals surface area contributed by atoms with Crippen molar-refractivity contribution in [2.75, 3.05) is 39.4 Å². The van der Waals surface area contributed by atoms with Crippen molar-refractivity contribution >= 4 is 18.1 Å². The minimum Gasteiger partial charge on any atom is -0.399 e. The van der Waals surface area contributed by atoms with Gasteiger partial charge in [-0.05, 0) is 43.5 Å². The molecule has 4 nitrogen and oxygen atoms in total. The molecule has 0 amide bonds. The van der Waals surface area contributed by atoms with Crippen LogP contribution in [0.15, 0.2) is 18.2 Å². The zero-order chi connectivity index (χ0) is 14.2. The first-order valence-corrected chi connectivity index (χ1v) is 8.50. The van der Waals surface area contributed by atoms with Crippen LogP contribution in [0.5, 0.6) is 0 Å². The molecule has 104 valence electrons. The maximum absolute atomic E-state index is 11.8. The molecule has 1 rings (SSSR count). The summed E-state index contributed by atoms with van der Waals surface area (Å²) < 4.78 is 16.2. The maximum Gasteiger partial charge on any atom is 0.109 e. The highest BCUT2D eigenvalue weighted by Crippen LogP contribution is 2.35. The number of anilines is 1. The standard InChI is InChI=1S/C10H16NOP.C3H8O2/c1-4-8-7-9(13(2,3)12)5-6-10(8)11;1-5-3-2-4/h5-7H,4,11H2,1-3H3;4H,2-3H2,1H3. The van der Waals surface area contributed by atoms with E-state index in [1.54, 1.807) is 20.4 Å². The van der Waals surface area contributed by atoms with Gasteiger partial charge >= 0.3 is 0 Å². The average molecular weight is 273 g/mol. The molecule has 0 heterocycles. The van der Waals surface area contributed by atoms with Gasteiger partial charge < -0.3 is 20.1 Å². The van der Waals surface area contributed by atoms with Crippen LogP contribution in [0.2, 0.25) is 0 Å². The van der Waals surface area contributed by atoms with Crippen molar-refractivity contribution in [3.63, 3.8) is 0 Å². The fourth-order valence-electron chi connectivity index (χ4n) is 1.32. The Morgan fingerprint density at radius 2 is 2.00 bits per heavy atom. The molecular formula is C13H24NO3P. The number of rotatable bonds is 4. The number of hydrogen-bond donors (Lipinski definition) is 2. The molecule has 1 aromatic rings. The summed E-state index contributed by atoms with van der Waals surface area (Å²) in [6.45, 7) is 6.16. The molecule has 18 heavy (non-hydrogen) atoms. The van der Waals surface area contributed by atoms with Gasteiger partial charge in [0.2, 0.25) is 0 Å². The van der Waals surface area contributed by atoms with Crippen LogP contribution < -0.4 is 11.0 Å². The van der Waals surface area contributed by atoms with E-state index in [9.17, 15) is 4.57 Å². The monoisotopic (exact) mass is 273 g/mol. The highest BCUT2D eigenvalue weighted by molar-refractivity contribution is 7.70. The molecule has 5 heteroatoms. The van der Waals surface area contributed by atoms with Gasteiger partial charge in [0.15, 0.2) is 0 Å². The van der Waals surface area contributed by atoms with Gasteiger partial charge in [-0.2, -0.15) is 0 Å². The number of hydrogen-bond acceptors (Lipinski definition) is 4. The molecule has 3 N–H and O–H groups in total. The third kappa shape index (κ3) is 6.20. The minimum absolute atomic E-state index is 0.122. The summed E-state index contributed by atoms with van der Waals surface area (Å²) in [5.74, 6) is 0. The van der Waals surface area contributed by atoms with Gasteiger partial charge in [-0.15, -0.1) is 0 Å². The van der Waals surface area contributed by atoms with Crippen LogP contribution in [0, 0.1) is 0 Å². The molecule has 0 spiro atoms. The number of nitrogens with two attached hydrogens (primary N) is 1. The molecule has 0 radical (unpaired) electrons. The fourth-order valence-corrected chi connectivity index (χ4v) is 2.22. The molecule has 0 aliphatic heterocycles. The lowest BCUT2D eigenvalue weighted by Crippen LogP contribution is -2.06. The van der Waals surface area contributed by atoms with Crippen LogP contribution in [0.25, 0.3) is 0 Å². The van der Waals surface area contributed by atoms with Crippen LogP contribution in [-0.2, 0) is 15.7 Å². The average Bonchev–Trinajstić information content (AvgIpc) is 2.30. The summed E-state index contributed by atoms with van der Waals surface area (Å²) in [4.78, 5) is 0. The van der Waals surface area contributed by atoms with Gasteiger partial charge in [-0.3, -0.25) is 0 Å². The summed E-state index contributed by atoms with van der Waals surface area (Å²) in [7, 11) is -0.582. The van der Waals surface area contributed by atoms with Crippen molar-refractivity contribution in [3.05, 3.63) is 23.8 Å². The van der Waals surface area contributed by atoms with Gasteiger partial charge in [0, 0.05) is 18.1 Å². The normalized spacial score (nSPS) is 10.7. The first-order chi connectivity index (χ1) is 8.36. The second kappa shape index (κ2) is 8.30. The van der Waals surface area contributed by atoms with Crippen molar-refractivity contribution < 1.29 is 14.4 Å². The van der Waals surface area contributed by atoms with Crippen molar-refractivity contribution in [1.29, 1.82) is 0 Å². The quantitative estimate of drug-likeness (QED) is 0.647. The van der Waals surface area contributed by atoms with Gasteiger partial charge in [0.05, 0.1) is 13.2 Å². The Labute approximate surface area is 110 Å². The van der Waals surface area contributed by atoms with E-state index in [2.05, 4.69) is 4.74 Å². The summed E-state index contributed by atoms with van der Waals surface area (Å²) in [6, 6.07) is 5.65. The number of aliphatic hydroxyl groups is 1. The molecule has 0 fully saturated rings. The number of aliphatic hydroxyl groups excluding tert-OH is 1. The SMILES string of the molecule is CCc1cc(P(C)(C)=O)ccc1N.COCCO. The zero-order valence-electron chi connectivity index (χ0n) is 11.6. The third-order valence-electron chi connectivity index (χ3n) is 2.42. The third-order valence-corrected chi connectivity index (χ3v) is 3.95. The summed E-state index contributed by atoms with van der Waals surface area (Å²) >= 11 is 0. The highest BCUT2D eigenvalue weighted by atomic mass is 31.2. The topological polar surface area (TPSA) is 72.6 Å². The Morgan fingerprint density at radius 3 is 2.33 bits per heavy atom. The number of benzene rings is 1. The largest absolute Gasteiger partial charge is 0.399 e. The van der Waals surface area contributed by atoms with E-state index in [4.69, 9.17) is 10.8 Å². The lowest BCUT2D eigenvalue weighted by atomic mass is 10.1. The molecule has 0 saturated heterocycles. The first-order valence-electron chi connectivity index (χ1n) is 5.90. The van der Waals surface area contributed by atoms with Crippen molar-refractivity contribution in [1.82, 2.24) is 0 Å². The second-order valence-electron chi connectivity index (χ2n) is 4.30. The van der Waals surface area contributed by atoms with E-state index < -0.39 is 7.14 Å². The Bertz CT molecular complexity index is 399.